The van der Waals surface area contributed by atoms with E-state index in [1.807, 2.05) is 0 Å². The summed E-state index contributed by atoms with van der Waals surface area (Å²) in [6.07, 6.45) is 1.69. The van der Waals surface area contributed by atoms with Crippen molar-refractivity contribution < 1.29 is 14.4 Å². The number of fused-ring (bicyclic) bond motifs is 4. The number of amides is 4. The van der Waals surface area contributed by atoms with Crippen molar-refractivity contribution in [2.24, 2.45) is 0 Å². The Balaban J connectivity index is 1.54. The van der Waals surface area contributed by atoms with E-state index in [9.17, 15) is 14.4 Å². The van der Waals surface area contributed by atoms with Crippen LogP contribution in [0.4, 0.5) is 20.7 Å². The summed E-state index contributed by atoms with van der Waals surface area (Å²) in [6.45, 7) is 4.50. The van der Waals surface area contributed by atoms with Gasteiger partial charge in [-0.3, -0.25) is 0 Å². The zero-order valence-corrected chi connectivity index (χ0v) is 21.0. The Kier molecular flexibility index (Phi) is 4.54. The molecule has 0 saturated carbocycles. The molecule has 0 aliphatic carbocycles. The molecule has 0 N–H and O–H groups in total. The molecule has 7 heteroatoms. The fourth-order valence-corrected chi connectivity index (χ4v) is 7.91. The molecular formula is C27H23N3O3Se. The molecule has 0 spiro atoms. The molecule has 2 unspecified atom stereocenters. The van der Waals surface area contributed by atoms with Crippen molar-refractivity contribution in [3.63, 3.8) is 0 Å². The van der Waals surface area contributed by atoms with E-state index in [0.717, 1.165) is 14.2 Å². The van der Waals surface area contributed by atoms with Gasteiger partial charge in [0.1, 0.15) is 0 Å². The second-order valence-electron chi connectivity index (χ2n) is 9.10. The summed E-state index contributed by atoms with van der Waals surface area (Å²) in [4.78, 5) is 42.0. The van der Waals surface area contributed by atoms with E-state index >= 15 is 0 Å². The maximum absolute atomic E-state index is 12.8. The van der Waals surface area contributed by atoms with Crippen LogP contribution in [0.2, 0.25) is 0 Å². The maximum atomic E-state index is 12.8. The van der Waals surface area contributed by atoms with Crippen LogP contribution in [0.1, 0.15) is 52.4 Å². The summed E-state index contributed by atoms with van der Waals surface area (Å²) in [7, 11) is 2.82. The zero-order valence-electron chi connectivity index (χ0n) is 19.3. The molecule has 6 nitrogen and oxygen atoms in total. The van der Waals surface area contributed by atoms with Crippen LogP contribution < -0.4 is 4.90 Å². The number of nitrogens with zero attached hydrogens (tertiary/aromatic N) is 3. The number of carbonyl (C=O) groups excluding carboxylic acids is 3. The van der Waals surface area contributed by atoms with Gasteiger partial charge >= 0.3 is 204 Å². The number of rotatable bonds is 1. The number of likely N-dealkylation sites (N-methyl/N-ethyl adjacent to an activating group) is 2. The quantitative estimate of drug-likeness (QED) is 0.270. The number of carbonyl (C=O) groups is 3. The minimum atomic E-state index is -0.605. The molecule has 3 aromatic rings. The van der Waals surface area contributed by atoms with Crippen molar-refractivity contribution in [3.05, 3.63) is 80.8 Å². The second kappa shape index (κ2) is 7.29. The van der Waals surface area contributed by atoms with Crippen molar-refractivity contribution in [1.29, 1.82) is 0 Å². The van der Waals surface area contributed by atoms with E-state index in [0.29, 0.717) is 5.92 Å². The van der Waals surface area contributed by atoms with Crippen molar-refractivity contribution >= 4 is 54.4 Å². The predicted octanol–water partition coefficient (Wildman–Crippen LogP) is 4.58. The Morgan fingerprint density at radius 3 is 2.06 bits per heavy atom. The van der Waals surface area contributed by atoms with Gasteiger partial charge in [-0.25, -0.2) is 0 Å². The Morgan fingerprint density at radius 2 is 1.38 bits per heavy atom. The van der Waals surface area contributed by atoms with Crippen LogP contribution in [0.25, 0.3) is 6.08 Å². The van der Waals surface area contributed by atoms with Gasteiger partial charge in [0.25, 0.3) is 0 Å². The summed E-state index contributed by atoms with van der Waals surface area (Å²) in [5.41, 5.74) is 7.68. The van der Waals surface area contributed by atoms with E-state index in [2.05, 4.69) is 67.3 Å². The molecule has 2 atom stereocenters. The summed E-state index contributed by atoms with van der Waals surface area (Å²) < 4.78 is 2.21. The molecule has 3 aliphatic heterocycles. The van der Waals surface area contributed by atoms with Crippen LogP contribution in [0, 0.1) is 0 Å². The molecule has 1 aromatic heterocycles. The van der Waals surface area contributed by atoms with Crippen LogP contribution in [0.15, 0.2) is 54.1 Å². The number of urea groups is 1. The van der Waals surface area contributed by atoms with E-state index < -0.39 is 17.8 Å². The monoisotopic (exact) mass is 517 g/mol. The molecule has 6 rings (SSSR count). The zero-order chi connectivity index (χ0) is 23.9. The molecule has 0 radical (unpaired) electrons. The van der Waals surface area contributed by atoms with Crippen molar-refractivity contribution in [2.75, 3.05) is 19.0 Å². The standard InChI is InChI=1S/C27H23N3O3Se/c1-14-17-8-5-6-11-22(17)30-23-18(14)9-7-10-19(23)15(2)20-12-16(34-26(20)30)13-21-24(31)28(3)27(33)29(4)25(21)32/h5-15H,1-4H3. The number of imide groups is 2. The number of hydrogen-bond donors (Lipinski definition) is 0. The Bertz CT molecular complexity index is 1430. The number of hydrogen-bond acceptors (Lipinski definition) is 4. The minimum absolute atomic E-state index is 0.0381. The first-order valence-corrected chi connectivity index (χ1v) is 13.0. The SMILES string of the molecule is CC1c2ccccc2N2c3[se]c(C=C4C(=O)N(C)C(=O)N(C)C4=O)cc3C(C)c3cccc1c32. The number of benzene rings is 2. The van der Waals surface area contributed by atoms with E-state index in [4.69, 9.17) is 0 Å². The van der Waals surface area contributed by atoms with Crippen LogP contribution in [-0.2, 0) is 9.59 Å². The van der Waals surface area contributed by atoms with Gasteiger partial charge in [0, 0.05) is 0 Å². The molecular weight excluding hydrogens is 493 g/mol. The van der Waals surface area contributed by atoms with Gasteiger partial charge in [-0.2, -0.15) is 0 Å². The van der Waals surface area contributed by atoms with Crippen LogP contribution in [0.5, 0.6) is 0 Å². The van der Waals surface area contributed by atoms with Gasteiger partial charge in [0.2, 0.25) is 0 Å². The number of para-hydroxylation sites is 2. The van der Waals surface area contributed by atoms with Gasteiger partial charge in [-0.1, -0.05) is 0 Å². The molecule has 34 heavy (non-hydrogen) atoms. The van der Waals surface area contributed by atoms with Crippen molar-refractivity contribution in [2.45, 2.75) is 25.7 Å². The van der Waals surface area contributed by atoms with Gasteiger partial charge in [-0.15, -0.1) is 0 Å². The average Bonchev–Trinajstić information content (AvgIpc) is 3.28. The second-order valence-corrected chi connectivity index (χ2v) is 11.3. The molecule has 4 heterocycles. The molecule has 2 aromatic carbocycles. The van der Waals surface area contributed by atoms with E-state index in [-0.39, 0.29) is 26.0 Å². The topological polar surface area (TPSA) is 60.9 Å². The van der Waals surface area contributed by atoms with Crippen molar-refractivity contribution in [1.82, 2.24) is 9.80 Å². The molecule has 3 aliphatic rings. The fourth-order valence-electron chi connectivity index (χ4n) is 5.35. The first-order valence-electron chi connectivity index (χ1n) is 11.3. The predicted molar refractivity (Wildman–Crippen MR) is 132 cm³/mol. The average molecular weight is 516 g/mol. The molecule has 0 bridgehead atoms. The third-order valence-electron chi connectivity index (χ3n) is 7.26. The molecule has 1 fully saturated rings. The van der Waals surface area contributed by atoms with Crippen LogP contribution in [0.3, 0.4) is 0 Å². The normalized spacial score (nSPS) is 20.9. The summed E-state index contributed by atoms with van der Waals surface area (Å²) in [6, 6.07) is 16.7. The third-order valence-corrected chi connectivity index (χ3v) is 9.53. The Labute approximate surface area is 203 Å². The van der Waals surface area contributed by atoms with E-state index in [1.165, 1.54) is 52.3 Å². The fraction of sp³-hybridized carbons (Fsp3) is 0.222. The van der Waals surface area contributed by atoms with Crippen molar-refractivity contribution in [3.8, 4) is 0 Å². The van der Waals surface area contributed by atoms with Gasteiger partial charge < -0.3 is 0 Å². The number of barbiturate groups is 1. The first-order chi connectivity index (χ1) is 16.3. The van der Waals surface area contributed by atoms with Gasteiger partial charge in [-0.05, 0) is 0 Å². The van der Waals surface area contributed by atoms with Crippen LogP contribution in [-0.4, -0.2) is 56.2 Å². The summed E-state index contributed by atoms with van der Waals surface area (Å²) in [5.74, 6) is -0.585. The Morgan fingerprint density at radius 1 is 0.794 bits per heavy atom. The van der Waals surface area contributed by atoms with Crippen LogP contribution >= 0.6 is 0 Å². The molecule has 1 saturated heterocycles. The summed E-state index contributed by atoms with van der Waals surface area (Å²) >= 11 is -0.103. The first kappa shape index (κ1) is 21.1. The molecule has 4 amide bonds. The number of anilines is 3. The summed E-state index contributed by atoms with van der Waals surface area (Å²) in [5, 5.41) is 0. The van der Waals surface area contributed by atoms with Gasteiger partial charge in [0.05, 0.1) is 0 Å². The Hall–Kier alpha value is -3.41. The third kappa shape index (κ3) is 2.71. The van der Waals surface area contributed by atoms with E-state index in [1.54, 1.807) is 6.08 Å². The molecule has 170 valence electrons. The van der Waals surface area contributed by atoms with Gasteiger partial charge in [0.15, 0.2) is 0 Å².